The smallest absolute Gasteiger partial charge is 0.125 e. The summed E-state index contributed by atoms with van der Waals surface area (Å²) in [6, 6.07) is 4.18. The Morgan fingerprint density at radius 2 is 2.17 bits per heavy atom. The highest BCUT2D eigenvalue weighted by Crippen LogP contribution is 2.35. The minimum absolute atomic E-state index is 0.487. The van der Waals surface area contributed by atoms with E-state index in [1.165, 1.54) is 5.56 Å². The van der Waals surface area contributed by atoms with Crippen LogP contribution < -0.4 is 4.74 Å². The summed E-state index contributed by atoms with van der Waals surface area (Å²) in [5, 5.41) is 10.5. The van der Waals surface area contributed by atoms with Crippen LogP contribution in [0.3, 0.4) is 0 Å². The molecule has 0 aliphatic carbocycles. The third kappa shape index (κ3) is 3.27. The number of ether oxygens (including phenoxy) is 1. The molecule has 0 saturated carbocycles. The van der Waals surface area contributed by atoms with Crippen molar-refractivity contribution in [2.45, 2.75) is 45.6 Å². The van der Waals surface area contributed by atoms with Crippen LogP contribution in [0.25, 0.3) is 0 Å². The average molecular weight is 313 g/mol. The predicted molar refractivity (Wildman–Crippen MR) is 77.1 cm³/mol. The summed E-state index contributed by atoms with van der Waals surface area (Å²) in [5.41, 5.74) is 1.69. The molecule has 0 fully saturated rings. The van der Waals surface area contributed by atoms with E-state index in [-0.39, 0.29) is 0 Å². The number of halogens is 1. The van der Waals surface area contributed by atoms with E-state index >= 15 is 0 Å². The Hall–Kier alpha value is -0.540. The molecule has 0 aromatic heterocycles. The molecule has 0 radical (unpaired) electrons. The Balaban J connectivity index is 2.24. The largest absolute Gasteiger partial charge is 0.493 e. The first-order valence-corrected chi connectivity index (χ1v) is 7.33. The maximum absolute atomic E-state index is 10.5. The first-order valence-electron chi connectivity index (χ1n) is 6.54. The molecule has 1 N–H and O–H groups in total. The fraction of sp³-hybridized carbons (Fsp3) is 0.600. The first kappa shape index (κ1) is 13.9. The molecule has 0 spiro atoms. The molecule has 2 rings (SSSR count). The van der Waals surface area contributed by atoms with Crippen LogP contribution in [-0.4, -0.2) is 17.3 Å². The molecule has 0 amide bonds. The molecule has 0 bridgehead atoms. The van der Waals surface area contributed by atoms with Gasteiger partial charge in [-0.3, -0.25) is 0 Å². The maximum Gasteiger partial charge on any atom is 0.125 e. The normalized spacial score (nSPS) is 17.4. The highest BCUT2D eigenvalue weighted by atomic mass is 79.9. The summed E-state index contributed by atoms with van der Waals surface area (Å²) in [6.45, 7) is 6.94. The minimum atomic E-state index is -0.672. The van der Waals surface area contributed by atoms with Crippen LogP contribution in [0.2, 0.25) is 0 Å². The molecule has 1 atom stereocenters. The lowest BCUT2D eigenvalue weighted by Gasteiger charge is -2.26. The van der Waals surface area contributed by atoms with E-state index < -0.39 is 5.60 Å². The van der Waals surface area contributed by atoms with Gasteiger partial charge in [-0.05, 0) is 42.5 Å². The topological polar surface area (TPSA) is 29.5 Å². The van der Waals surface area contributed by atoms with Gasteiger partial charge in [0.25, 0.3) is 0 Å². The Bertz CT molecular complexity index is 438. The van der Waals surface area contributed by atoms with Gasteiger partial charge in [-0.2, -0.15) is 0 Å². The lowest BCUT2D eigenvalue weighted by Crippen LogP contribution is -2.29. The Kier molecular flexibility index (Phi) is 4.02. The number of hydrogen-bond acceptors (Lipinski definition) is 2. The van der Waals surface area contributed by atoms with E-state index in [4.69, 9.17) is 4.74 Å². The lowest BCUT2D eigenvalue weighted by molar-refractivity contribution is 0.0382. The van der Waals surface area contributed by atoms with Crippen molar-refractivity contribution in [1.29, 1.82) is 0 Å². The average Bonchev–Trinajstić information content (AvgIpc) is 2.61. The number of aliphatic hydroxyl groups is 1. The van der Waals surface area contributed by atoms with E-state index in [0.29, 0.717) is 12.3 Å². The van der Waals surface area contributed by atoms with Crippen LogP contribution in [0, 0.1) is 5.92 Å². The van der Waals surface area contributed by atoms with E-state index in [1.807, 2.05) is 6.92 Å². The van der Waals surface area contributed by atoms with Crippen LogP contribution in [0.15, 0.2) is 16.6 Å². The van der Waals surface area contributed by atoms with Gasteiger partial charge in [0.15, 0.2) is 0 Å². The monoisotopic (exact) mass is 312 g/mol. The zero-order chi connectivity index (χ0) is 13.3. The van der Waals surface area contributed by atoms with Gasteiger partial charge in [0, 0.05) is 17.3 Å². The fourth-order valence-electron chi connectivity index (χ4n) is 2.84. The molecule has 0 saturated heterocycles. The van der Waals surface area contributed by atoms with Crippen LogP contribution in [0.1, 0.15) is 38.3 Å². The van der Waals surface area contributed by atoms with E-state index in [0.717, 1.165) is 35.2 Å². The molecule has 1 aromatic carbocycles. The van der Waals surface area contributed by atoms with Crippen LogP contribution in [0.5, 0.6) is 5.75 Å². The molecule has 1 aliphatic rings. The molecule has 1 heterocycles. The summed E-state index contributed by atoms with van der Waals surface area (Å²) in [4.78, 5) is 0. The fourth-order valence-corrected chi connectivity index (χ4v) is 3.39. The predicted octanol–water partition coefficient (Wildman–Crippen LogP) is 3.72. The molecule has 18 heavy (non-hydrogen) atoms. The van der Waals surface area contributed by atoms with Crippen molar-refractivity contribution in [1.82, 2.24) is 0 Å². The van der Waals surface area contributed by atoms with Gasteiger partial charge >= 0.3 is 0 Å². The van der Waals surface area contributed by atoms with Crippen molar-refractivity contribution in [3.8, 4) is 5.75 Å². The lowest BCUT2D eigenvalue weighted by atomic mass is 9.87. The second-order valence-electron chi connectivity index (χ2n) is 5.92. The molecule has 1 aliphatic heterocycles. The molecule has 1 unspecified atom stereocenters. The molecular weight excluding hydrogens is 292 g/mol. The van der Waals surface area contributed by atoms with Gasteiger partial charge in [0.1, 0.15) is 5.75 Å². The van der Waals surface area contributed by atoms with Crippen LogP contribution in [-0.2, 0) is 12.8 Å². The van der Waals surface area contributed by atoms with Gasteiger partial charge < -0.3 is 9.84 Å². The van der Waals surface area contributed by atoms with Crippen molar-refractivity contribution in [2.24, 2.45) is 5.92 Å². The SMILES string of the molecule is CC(C)CC(C)(O)Cc1cc(Br)cc2c1OCC2. The highest BCUT2D eigenvalue weighted by molar-refractivity contribution is 9.10. The Morgan fingerprint density at radius 1 is 1.44 bits per heavy atom. The molecule has 2 nitrogen and oxygen atoms in total. The number of hydrogen-bond donors (Lipinski definition) is 1. The summed E-state index contributed by atoms with van der Waals surface area (Å²) in [5.74, 6) is 1.48. The second-order valence-corrected chi connectivity index (χ2v) is 6.84. The third-order valence-electron chi connectivity index (χ3n) is 3.24. The molecule has 1 aromatic rings. The second kappa shape index (κ2) is 5.22. The van der Waals surface area contributed by atoms with Gasteiger partial charge in [0.2, 0.25) is 0 Å². The van der Waals surface area contributed by atoms with E-state index in [1.54, 1.807) is 0 Å². The van der Waals surface area contributed by atoms with Crippen LogP contribution in [0.4, 0.5) is 0 Å². The maximum atomic E-state index is 10.5. The molecule has 3 heteroatoms. The summed E-state index contributed by atoms with van der Waals surface area (Å²) >= 11 is 3.54. The third-order valence-corrected chi connectivity index (χ3v) is 3.70. The van der Waals surface area contributed by atoms with Crippen LogP contribution >= 0.6 is 15.9 Å². The standard InChI is InChI=1S/C15H21BrO2/c1-10(2)8-15(3,17)9-12-7-13(16)6-11-4-5-18-14(11)12/h6-7,10,17H,4-5,8-9H2,1-3H3. The summed E-state index contributed by atoms with van der Waals surface area (Å²) in [7, 11) is 0. The van der Waals surface area contributed by atoms with Crippen molar-refractivity contribution in [3.05, 3.63) is 27.7 Å². The van der Waals surface area contributed by atoms with Gasteiger partial charge in [-0.15, -0.1) is 0 Å². The van der Waals surface area contributed by atoms with E-state index in [2.05, 4.69) is 41.9 Å². The van der Waals surface area contributed by atoms with Gasteiger partial charge in [0.05, 0.1) is 12.2 Å². The van der Waals surface area contributed by atoms with Crippen molar-refractivity contribution < 1.29 is 9.84 Å². The highest BCUT2D eigenvalue weighted by Gasteiger charge is 2.26. The Labute approximate surface area is 117 Å². The van der Waals surface area contributed by atoms with Gasteiger partial charge in [-0.25, -0.2) is 0 Å². The summed E-state index contributed by atoms with van der Waals surface area (Å²) in [6.07, 6.45) is 2.41. The number of benzene rings is 1. The quantitative estimate of drug-likeness (QED) is 0.918. The number of rotatable bonds is 4. The first-order chi connectivity index (χ1) is 8.37. The molecular formula is C15H21BrO2. The minimum Gasteiger partial charge on any atom is -0.493 e. The van der Waals surface area contributed by atoms with Crippen molar-refractivity contribution in [3.63, 3.8) is 0 Å². The van der Waals surface area contributed by atoms with Crippen molar-refractivity contribution in [2.75, 3.05) is 6.61 Å². The zero-order valence-corrected chi connectivity index (χ0v) is 12.9. The van der Waals surface area contributed by atoms with E-state index in [9.17, 15) is 5.11 Å². The van der Waals surface area contributed by atoms with Crippen molar-refractivity contribution >= 4 is 15.9 Å². The zero-order valence-electron chi connectivity index (χ0n) is 11.3. The summed E-state index contributed by atoms with van der Waals surface area (Å²) < 4.78 is 6.77. The number of fused-ring (bicyclic) bond motifs is 1. The molecule has 100 valence electrons. The van der Waals surface area contributed by atoms with Gasteiger partial charge in [-0.1, -0.05) is 29.8 Å². The Morgan fingerprint density at radius 3 is 2.83 bits per heavy atom.